The van der Waals surface area contributed by atoms with Crippen LogP contribution in [0.1, 0.15) is 99.2 Å². The number of anilines is 2. The lowest BCUT2D eigenvalue weighted by Crippen LogP contribution is -2.44. The Morgan fingerprint density at radius 2 is 1.78 bits per heavy atom. The quantitative estimate of drug-likeness (QED) is 0.0558. The summed E-state index contributed by atoms with van der Waals surface area (Å²) in [5, 5.41) is 31.0. The minimum Gasteiger partial charge on any atom is -0.453 e. The highest BCUT2D eigenvalue weighted by Crippen LogP contribution is 2.50. The molecular formula is C48H56ClN7O7S. The molecule has 2 aromatic heterocycles. The van der Waals surface area contributed by atoms with E-state index in [0.29, 0.717) is 80.5 Å². The number of halogens is 1. The lowest BCUT2D eigenvalue weighted by atomic mass is 9.70. The maximum atomic E-state index is 14.9. The van der Waals surface area contributed by atoms with Crippen molar-refractivity contribution in [3.63, 3.8) is 0 Å². The number of rotatable bonds is 13. The zero-order valence-corrected chi connectivity index (χ0v) is 38.3. The maximum Gasteiger partial charge on any atom is 0.293 e. The van der Waals surface area contributed by atoms with Crippen LogP contribution in [0.5, 0.6) is 11.5 Å². The van der Waals surface area contributed by atoms with Gasteiger partial charge in [-0.1, -0.05) is 44.5 Å². The first-order chi connectivity index (χ1) is 30.5. The normalized spacial score (nSPS) is 20.3. The summed E-state index contributed by atoms with van der Waals surface area (Å²) in [5.41, 5.74) is 5.17. The number of nitrogens with one attached hydrogen (secondary N) is 4. The van der Waals surface area contributed by atoms with E-state index in [1.54, 1.807) is 24.5 Å². The Morgan fingerprint density at radius 1 is 1.05 bits per heavy atom. The van der Waals surface area contributed by atoms with Crippen LogP contribution in [0.25, 0.3) is 22.2 Å². The molecule has 16 heteroatoms. The number of nitro benzene ring substituents is 1. The predicted octanol–water partition coefficient (Wildman–Crippen LogP) is 9.62. The Balaban J connectivity index is 1.22. The molecule has 0 spiro atoms. The molecule has 3 heterocycles. The summed E-state index contributed by atoms with van der Waals surface area (Å²) in [6.07, 6.45) is 9.17. The Morgan fingerprint density at radius 3 is 2.48 bits per heavy atom. The van der Waals surface area contributed by atoms with E-state index in [1.807, 2.05) is 44.2 Å². The number of benzene rings is 3. The number of pyridine rings is 1. The van der Waals surface area contributed by atoms with Gasteiger partial charge in [-0.15, -0.1) is 0 Å². The van der Waals surface area contributed by atoms with Crippen molar-refractivity contribution in [2.45, 2.75) is 89.6 Å². The fourth-order valence-electron chi connectivity index (χ4n) is 9.45. The van der Waals surface area contributed by atoms with E-state index in [2.05, 4.69) is 44.1 Å². The summed E-state index contributed by atoms with van der Waals surface area (Å²) in [4.78, 5) is 36.0. The lowest BCUT2D eigenvalue weighted by Gasteiger charge is -2.36. The SMILES string of the molecule is CCC1(O)CCC(CNc2ccc(S(=O)(=O)NC(=O)c3cc(C4=C(c5ccc(Cl)cc5)CC(C)(C)CC4)c(C)c(N4CCNCC4)c3Oc3cnc4[nH]ccc4c3)cc2[N+](=O)[O-])CC1. The molecule has 0 unspecified atom stereocenters. The fraction of sp³-hybridized carbons (Fsp3) is 0.417. The van der Waals surface area contributed by atoms with Crippen LogP contribution in [-0.2, 0) is 10.0 Å². The van der Waals surface area contributed by atoms with Gasteiger partial charge in [0.15, 0.2) is 5.75 Å². The number of aromatic amines is 1. The molecule has 5 N–H and O–H groups in total. The van der Waals surface area contributed by atoms with E-state index in [4.69, 9.17) is 16.3 Å². The monoisotopic (exact) mass is 909 g/mol. The Hall–Kier alpha value is -5.48. The molecule has 5 aromatic rings. The molecule has 1 amide bonds. The van der Waals surface area contributed by atoms with E-state index in [9.17, 15) is 28.4 Å². The molecule has 3 aliphatic rings. The molecular weight excluding hydrogens is 854 g/mol. The first-order valence-electron chi connectivity index (χ1n) is 22.1. The summed E-state index contributed by atoms with van der Waals surface area (Å²) in [5.74, 6) is -0.249. The number of amides is 1. The van der Waals surface area contributed by atoms with Crippen molar-refractivity contribution in [2.24, 2.45) is 11.3 Å². The van der Waals surface area contributed by atoms with E-state index in [1.165, 1.54) is 12.1 Å². The number of H-pyrrole nitrogens is 1. The van der Waals surface area contributed by atoms with Gasteiger partial charge in [-0.2, -0.15) is 0 Å². The van der Waals surface area contributed by atoms with Crippen molar-refractivity contribution in [3.05, 3.63) is 110 Å². The highest BCUT2D eigenvalue weighted by molar-refractivity contribution is 7.90. The second-order valence-electron chi connectivity index (χ2n) is 18.3. The smallest absolute Gasteiger partial charge is 0.293 e. The van der Waals surface area contributed by atoms with Gasteiger partial charge < -0.3 is 30.4 Å². The summed E-state index contributed by atoms with van der Waals surface area (Å²) in [7, 11) is -4.68. The van der Waals surface area contributed by atoms with Crippen LogP contribution in [0.4, 0.5) is 17.1 Å². The third kappa shape index (κ3) is 9.63. The first-order valence-corrected chi connectivity index (χ1v) is 23.9. The average molecular weight is 911 g/mol. The minimum atomic E-state index is -4.68. The highest BCUT2D eigenvalue weighted by Gasteiger charge is 2.35. The number of piperazine rings is 1. The largest absolute Gasteiger partial charge is 0.453 e. The summed E-state index contributed by atoms with van der Waals surface area (Å²) in [6, 6.07) is 16.8. The number of sulfonamides is 1. The summed E-state index contributed by atoms with van der Waals surface area (Å²) < 4.78 is 37.5. The zero-order chi connectivity index (χ0) is 45.4. The number of carbonyl (C=O) groups is 1. The number of aromatic nitrogens is 2. The van der Waals surface area contributed by atoms with Crippen molar-refractivity contribution in [1.82, 2.24) is 20.0 Å². The van der Waals surface area contributed by atoms with Crippen molar-refractivity contribution in [1.29, 1.82) is 0 Å². The predicted molar refractivity (Wildman–Crippen MR) is 252 cm³/mol. The number of nitro groups is 1. The number of allylic oxidation sites excluding steroid dienone is 2. The molecule has 0 atom stereocenters. The maximum absolute atomic E-state index is 14.9. The van der Waals surface area contributed by atoms with Gasteiger partial charge >= 0.3 is 0 Å². The molecule has 1 saturated heterocycles. The number of hydrogen-bond acceptors (Lipinski definition) is 11. The lowest BCUT2D eigenvalue weighted by molar-refractivity contribution is -0.384. The van der Waals surface area contributed by atoms with Crippen molar-refractivity contribution in [3.8, 4) is 11.5 Å². The van der Waals surface area contributed by atoms with Crippen molar-refractivity contribution >= 4 is 66.8 Å². The third-order valence-corrected chi connectivity index (χ3v) is 14.9. The molecule has 8 rings (SSSR count). The second-order valence-corrected chi connectivity index (χ2v) is 20.4. The van der Waals surface area contributed by atoms with Gasteiger partial charge in [-0.05, 0) is 140 Å². The van der Waals surface area contributed by atoms with Gasteiger partial charge in [0.2, 0.25) is 0 Å². The topological polar surface area (TPSA) is 192 Å². The van der Waals surface area contributed by atoms with Crippen LogP contribution in [0.2, 0.25) is 5.02 Å². The molecule has 0 radical (unpaired) electrons. The molecule has 1 saturated carbocycles. The van der Waals surface area contributed by atoms with Crippen LogP contribution in [-0.4, -0.2) is 72.6 Å². The molecule has 0 bridgehead atoms. The number of aliphatic hydroxyl groups is 1. The van der Waals surface area contributed by atoms with Crippen LogP contribution in [0, 0.1) is 28.4 Å². The van der Waals surface area contributed by atoms with Gasteiger partial charge in [-0.3, -0.25) is 14.9 Å². The van der Waals surface area contributed by atoms with Gasteiger partial charge in [0.1, 0.15) is 17.1 Å². The van der Waals surface area contributed by atoms with Gasteiger partial charge in [0, 0.05) is 55.4 Å². The minimum absolute atomic E-state index is 0.0137. The first kappa shape index (κ1) is 45.1. The van der Waals surface area contributed by atoms with Crippen LogP contribution in [0.15, 0.2) is 78.0 Å². The second kappa shape index (κ2) is 18.2. The number of fused-ring (bicyclic) bond motifs is 1. The van der Waals surface area contributed by atoms with Crippen LogP contribution < -0.4 is 25.0 Å². The number of ether oxygens (including phenoxy) is 1. The number of hydrogen-bond donors (Lipinski definition) is 5. The van der Waals surface area contributed by atoms with E-state index in [0.717, 1.165) is 65.0 Å². The molecule has 64 heavy (non-hydrogen) atoms. The van der Waals surface area contributed by atoms with E-state index in [-0.39, 0.29) is 28.3 Å². The summed E-state index contributed by atoms with van der Waals surface area (Å²) in [6.45, 7) is 11.4. The van der Waals surface area contributed by atoms with Crippen LogP contribution >= 0.6 is 11.6 Å². The molecule has 338 valence electrons. The van der Waals surface area contributed by atoms with Crippen LogP contribution in [0.3, 0.4) is 0 Å². The van der Waals surface area contributed by atoms with Gasteiger partial charge in [0.25, 0.3) is 21.6 Å². The van der Waals surface area contributed by atoms with E-state index >= 15 is 0 Å². The number of nitrogens with zero attached hydrogens (tertiary/aromatic N) is 3. The average Bonchev–Trinajstić information content (AvgIpc) is 3.75. The molecule has 2 fully saturated rings. The molecule has 14 nitrogen and oxygen atoms in total. The standard InChI is InChI=1S/C48H56ClN7O7S/c1-5-48(58)17-12-31(13-18-48)28-52-41-11-10-36(25-42(41)56(59)60)64(61,62)54-46(57)39-26-38(37-14-16-47(3,4)27-40(37)32-6-8-34(49)9-7-32)30(2)43(55-22-20-50-21-23-55)44(39)63-35-24-33-15-19-51-45(33)53-29-35/h6-11,15,19,24-26,29,31,50,52,58H,5,12-14,16-18,20-23,27-28H2,1-4H3,(H,51,53)(H,54,57). The summed E-state index contributed by atoms with van der Waals surface area (Å²) >= 11 is 6.36. The highest BCUT2D eigenvalue weighted by atomic mass is 35.5. The molecule has 2 aliphatic carbocycles. The Kier molecular flexibility index (Phi) is 12.8. The van der Waals surface area contributed by atoms with E-state index < -0.39 is 37.0 Å². The fourth-order valence-corrected chi connectivity index (χ4v) is 10.6. The van der Waals surface area contributed by atoms with Gasteiger partial charge in [-0.25, -0.2) is 18.1 Å². The van der Waals surface area contributed by atoms with Crippen molar-refractivity contribution < 1.29 is 28.0 Å². The van der Waals surface area contributed by atoms with Crippen molar-refractivity contribution in [2.75, 3.05) is 42.9 Å². The zero-order valence-electron chi connectivity index (χ0n) is 36.7. The third-order valence-electron chi connectivity index (χ3n) is 13.3. The molecule has 1 aliphatic heterocycles. The molecule has 3 aromatic carbocycles. The Bertz CT molecular complexity index is 2720. The number of carbonyl (C=O) groups excluding carboxylic acids is 1. The van der Waals surface area contributed by atoms with Gasteiger partial charge in [0.05, 0.1) is 32.9 Å². The Labute approximate surface area is 379 Å².